The van der Waals surface area contributed by atoms with E-state index in [-0.39, 0.29) is 12.2 Å². The van der Waals surface area contributed by atoms with Crippen LogP contribution < -0.4 is 0 Å². The zero-order valence-electron chi connectivity index (χ0n) is 6.12. The topological polar surface area (TPSA) is 57.5 Å². The minimum Gasteiger partial charge on any atom is -0.478 e. The van der Waals surface area contributed by atoms with E-state index in [0.717, 1.165) is 4.47 Å². The Kier molecular flexibility index (Phi) is 2.83. The van der Waals surface area contributed by atoms with Crippen LogP contribution >= 0.6 is 15.9 Å². The molecule has 64 valence electrons. The summed E-state index contributed by atoms with van der Waals surface area (Å²) < 4.78 is 0.761. The average molecular weight is 231 g/mol. The second kappa shape index (κ2) is 3.69. The Labute approximate surface area is 77.8 Å². The van der Waals surface area contributed by atoms with E-state index in [0.29, 0.717) is 5.56 Å². The van der Waals surface area contributed by atoms with Crippen molar-refractivity contribution in [3.05, 3.63) is 33.8 Å². The van der Waals surface area contributed by atoms with Crippen LogP contribution in [0.25, 0.3) is 0 Å². The van der Waals surface area contributed by atoms with E-state index in [4.69, 9.17) is 10.2 Å². The van der Waals surface area contributed by atoms with Crippen molar-refractivity contribution < 1.29 is 15.0 Å². The number of benzene rings is 1. The Hall–Kier alpha value is -0.870. The van der Waals surface area contributed by atoms with Crippen molar-refractivity contribution in [1.29, 1.82) is 0 Å². The first kappa shape index (κ1) is 9.22. The molecule has 0 aliphatic heterocycles. The first-order valence-electron chi connectivity index (χ1n) is 3.27. The van der Waals surface area contributed by atoms with Crippen molar-refractivity contribution in [3.63, 3.8) is 0 Å². The van der Waals surface area contributed by atoms with E-state index >= 15 is 0 Å². The summed E-state index contributed by atoms with van der Waals surface area (Å²) in [6, 6.07) is 4.67. The van der Waals surface area contributed by atoms with Crippen molar-refractivity contribution in [2.45, 2.75) is 6.61 Å². The van der Waals surface area contributed by atoms with Gasteiger partial charge in [-0.3, -0.25) is 0 Å². The number of aliphatic hydroxyl groups is 1. The number of carboxylic acid groups (broad SMARTS) is 1. The molecule has 0 radical (unpaired) electrons. The summed E-state index contributed by atoms with van der Waals surface area (Å²) in [6.45, 7) is -0.263. The average Bonchev–Trinajstić information content (AvgIpc) is 2.03. The molecule has 0 unspecified atom stereocenters. The highest BCUT2D eigenvalue weighted by Crippen LogP contribution is 2.16. The van der Waals surface area contributed by atoms with Gasteiger partial charge in [-0.05, 0) is 23.8 Å². The number of aliphatic hydroxyl groups excluding tert-OH is 1. The van der Waals surface area contributed by atoms with Gasteiger partial charge in [0.25, 0.3) is 0 Å². The molecule has 1 aromatic carbocycles. The first-order valence-corrected chi connectivity index (χ1v) is 4.07. The van der Waals surface area contributed by atoms with Gasteiger partial charge in [0.1, 0.15) is 0 Å². The van der Waals surface area contributed by atoms with Gasteiger partial charge >= 0.3 is 5.97 Å². The molecule has 0 aromatic heterocycles. The van der Waals surface area contributed by atoms with E-state index in [1.165, 1.54) is 6.07 Å². The van der Waals surface area contributed by atoms with Crippen LogP contribution in [0.5, 0.6) is 0 Å². The predicted molar refractivity (Wildman–Crippen MR) is 47.0 cm³/mol. The molecule has 2 N–H and O–H groups in total. The molecule has 0 fully saturated rings. The van der Waals surface area contributed by atoms with Gasteiger partial charge in [-0.15, -0.1) is 0 Å². The summed E-state index contributed by atoms with van der Waals surface area (Å²) in [6.07, 6.45) is 0. The Morgan fingerprint density at radius 2 is 2.17 bits per heavy atom. The molecule has 12 heavy (non-hydrogen) atoms. The van der Waals surface area contributed by atoms with E-state index in [1.807, 2.05) is 0 Å². The van der Waals surface area contributed by atoms with E-state index in [9.17, 15) is 4.79 Å². The number of aromatic carboxylic acids is 1. The minimum absolute atomic E-state index is 0.140. The smallest absolute Gasteiger partial charge is 0.336 e. The second-order valence-electron chi connectivity index (χ2n) is 2.26. The van der Waals surface area contributed by atoms with E-state index in [1.54, 1.807) is 12.1 Å². The third kappa shape index (κ3) is 1.84. The maximum Gasteiger partial charge on any atom is 0.336 e. The van der Waals surface area contributed by atoms with Crippen LogP contribution in [-0.4, -0.2) is 16.2 Å². The van der Waals surface area contributed by atoms with E-state index < -0.39 is 5.97 Å². The molecule has 1 rings (SSSR count). The van der Waals surface area contributed by atoms with Crippen LogP contribution in [-0.2, 0) is 6.61 Å². The molecule has 0 bridgehead atoms. The molecule has 4 heteroatoms. The number of carbonyl (C=O) groups is 1. The number of carboxylic acids is 1. The van der Waals surface area contributed by atoms with Gasteiger partial charge in [0.2, 0.25) is 0 Å². The largest absolute Gasteiger partial charge is 0.478 e. The van der Waals surface area contributed by atoms with Crippen molar-refractivity contribution in [3.8, 4) is 0 Å². The van der Waals surface area contributed by atoms with Crippen LogP contribution in [0.4, 0.5) is 0 Å². The molecule has 0 atom stereocenters. The lowest BCUT2D eigenvalue weighted by Gasteiger charge is -2.02. The fourth-order valence-electron chi connectivity index (χ4n) is 0.902. The Bertz CT molecular complexity index is 309. The summed E-state index contributed by atoms with van der Waals surface area (Å²) >= 11 is 3.18. The first-order chi connectivity index (χ1) is 5.65. The van der Waals surface area contributed by atoms with Gasteiger partial charge < -0.3 is 10.2 Å². The highest BCUT2D eigenvalue weighted by Gasteiger charge is 2.08. The second-order valence-corrected chi connectivity index (χ2v) is 3.18. The highest BCUT2D eigenvalue weighted by molar-refractivity contribution is 9.10. The fraction of sp³-hybridized carbons (Fsp3) is 0.125. The Morgan fingerprint density at radius 3 is 2.67 bits per heavy atom. The molecule has 0 saturated carbocycles. The van der Waals surface area contributed by atoms with Crippen molar-refractivity contribution in [1.82, 2.24) is 0 Å². The molecule has 0 saturated heterocycles. The Balaban J connectivity index is 3.20. The summed E-state index contributed by atoms with van der Waals surface area (Å²) in [5.74, 6) is -1.02. The Morgan fingerprint density at radius 1 is 1.50 bits per heavy atom. The lowest BCUT2D eigenvalue weighted by Crippen LogP contribution is -2.01. The molecule has 0 aliphatic rings. The van der Waals surface area contributed by atoms with Gasteiger partial charge in [-0.2, -0.15) is 0 Å². The molecule has 0 amide bonds. The quantitative estimate of drug-likeness (QED) is 0.813. The lowest BCUT2D eigenvalue weighted by atomic mass is 10.1. The van der Waals surface area contributed by atoms with Gasteiger partial charge in [-0.25, -0.2) is 4.79 Å². The van der Waals surface area contributed by atoms with Gasteiger partial charge in [0.05, 0.1) is 12.2 Å². The standard InChI is InChI=1S/C8H7BrO3/c9-6-1-2-7(8(11)12)5(3-6)4-10/h1-3,10H,4H2,(H,11,12). The summed E-state index contributed by atoms with van der Waals surface area (Å²) in [5.41, 5.74) is 0.553. The molecule has 1 aromatic rings. The van der Waals surface area contributed by atoms with Gasteiger partial charge in [0.15, 0.2) is 0 Å². The van der Waals surface area contributed by atoms with Crippen molar-refractivity contribution in [2.75, 3.05) is 0 Å². The number of hydrogen-bond acceptors (Lipinski definition) is 2. The summed E-state index contributed by atoms with van der Waals surface area (Å²) in [4.78, 5) is 10.6. The monoisotopic (exact) mass is 230 g/mol. The number of rotatable bonds is 2. The third-order valence-electron chi connectivity index (χ3n) is 1.47. The number of halogens is 1. The molecular weight excluding hydrogens is 224 g/mol. The summed E-state index contributed by atoms with van der Waals surface area (Å²) in [5, 5.41) is 17.5. The van der Waals surface area contributed by atoms with Crippen LogP contribution in [0, 0.1) is 0 Å². The predicted octanol–water partition coefficient (Wildman–Crippen LogP) is 1.64. The van der Waals surface area contributed by atoms with Crippen LogP contribution in [0.2, 0.25) is 0 Å². The minimum atomic E-state index is -1.02. The molecule has 3 nitrogen and oxygen atoms in total. The lowest BCUT2D eigenvalue weighted by molar-refractivity contribution is 0.0693. The normalized spacial score (nSPS) is 9.83. The molecule has 0 aliphatic carbocycles. The van der Waals surface area contributed by atoms with Crippen LogP contribution in [0.1, 0.15) is 15.9 Å². The van der Waals surface area contributed by atoms with Gasteiger partial charge in [0, 0.05) is 4.47 Å². The van der Waals surface area contributed by atoms with E-state index in [2.05, 4.69) is 15.9 Å². The maximum atomic E-state index is 10.6. The fourth-order valence-corrected chi connectivity index (χ4v) is 1.31. The zero-order valence-corrected chi connectivity index (χ0v) is 7.71. The van der Waals surface area contributed by atoms with Crippen LogP contribution in [0.15, 0.2) is 22.7 Å². The van der Waals surface area contributed by atoms with Crippen molar-refractivity contribution >= 4 is 21.9 Å². The molecule has 0 heterocycles. The maximum absolute atomic E-state index is 10.6. The third-order valence-corrected chi connectivity index (χ3v) is 1.96. The zero-order chi connectivity index (χ0) is 9.14. The summed E-state index contributed by atoms with van der Waals surface area (Å²) in [7, 11) is 0. The highest BCUT2D eigenvalue weighted by atomic mass is 79.9. The number of hydrogen-bond donors (Lipinski definition) is 2. The van der Waals surface area contributed by atoms with Crippen molar-refractivity contribution in [2.24, 2.45) is 0 Å². The van der Waals surface area contributed by atoms with Crippen LogP contribution in [0.3, 0.4) is 0 Å². The molecular formula is C8H7BrO3. The van der Waals surface area contributed by atoms with Gasteiger partial charge in [-0.1, -0.05) is 15.9 Å². The molecule has 0 spiro atoms. The SMILES string of the molecule is O=C(O)c1ccc(Br)cc1CO.